The van der Waals surface area contributed by atoms with Gasteiger partial charge in [0.05, 0.1) is 6.54 Å². The third-order valence-electron chi connectivity index (χ3n) is 3.13. The summed E-state index contributed by atoms with van der Waals surface area (Å²) in [6.07, 6.45) is -0.924. The van der Waals surface area contributed by atoms with Crippen molar-refractivity contribution in [2.75, 3.05) is 20.8 Å². The van der Waals surface area contributed by atoms with Crippen molar-refractivity contribution >= 4 is 6.03 Å². The fraction of sp³-hybridized carbons (Fsp3) is 0.562. The largest absolute Gasteiger partial charge is 0.471 e. The van der Waals surface area contributed by atoms with Gasteiger partial charge >= 0.3 is 6.03 Å². The minimum atomic E-state index is -0.469. The van der Waals surface area contributed by atoms with Gasteiger partial charge in [0.2, 0.25) is 0 Å². The predicted molar refractivity (Wildman–Crippen MR) is 85.0 cm³/mol. The van der Waals surface area contributed by atoms with E-state index in [-0.39, 0.29) is 12.6 Å². The molecule has 0 radical (unpaired) electrons. The van der Waals surface area contributed by atoms with Crippen LogP contribution in [0.3, 0.4) is 0 Å². The maximum absolute atomic E-state index is 11.8. The van der Waals surface area contributed by atoms with E-state index in [1.54, 1.807) is 6.92 Å². The molecule has 2 N–H and O–H groups in total. The standard InChI is InChI=1S/C16H26N2O4/c1-11(2)13-8-6-7-9-14(13)22-12(3)18-16(19)17-10-15(20-4)21-5/h6-9,11-12,15H,10H2,1-5H3,(H2,17,18,19). The van der Waals surface area contributed by atoms with Gasteiger partial charge in [0.25, 0.3) is 0 Å². The van der Waals surface area contributed by atoms with Crippen molar-refractivity contribution in [1.82, 2.24) is 10.6 Å². The van der Waals surface area contributed by atoms with E-state index >= 15 is 0 Å². The lowest BCUT2D eigenvalue weighted by molar-refractivity contribution is -0.0972. The van der Waals surface area contributed by atoms with Crippen molar-refractivity contribution in [3.63, 3.8) is 0 Å². The molecule has 1 aromatic carbocycles. The quantitative estimate of drug-likeness (QED) is 0.724. The van der Waals surface area contributed by atoms with Crippen molar-refractivity contribution in [2.45, 2.75) is 39.2 Å². The minimum absolute atomic E-state index is 0.258. The Kier molecular flexibility index (Phi) is 7.70. The molecule has 6 nitrogen and oxygen atoms in total. The number of ether oxygens (including phenoxy) is 3. The first-order chi connectivity index (χ1) is 10.5. The molecule has 0 heterocycles. The summed E-state index contributed by atoms with van der Waals surface area (Å²) in [5, 5.41) is 5.37. The van der Waals surface area contributed by atoms with Crippen molar-refractivity contribution < 1.29 is 19.0 Å². The highest BCUT2D eigenvalue weighted by Crippen LogP contribution is 2.26. The van der Waals surface area contributed by atoms with E-state index in [4.69, 9.17) is 14.2 Å². The second-order valence-corrected chi connectivity index (χ2v) is 5.21. The fourth-order valence-corrected chi connectivity index (χ4v) is 1.96. The van der Waals surface area contributed by atoms with E-state index in [0.717, 1.165) is 11.3 Å². The maximum Gasteiger partial charge on any atom is 0.317 e. The lowest BCUT2D eigenvalue weighted by Gasteiger charge is -2.21. The summed E-state index contributed by atoms with van der Waals surface area (Å²) in [6.45, 7) is 6.24. The maximum atomic E-state index is 11.8. The molecule has 124 valence electrons. The first kappa shape index (κ1) is 18.3. The normalized spacial score (nSPS) is 12.3. The number of urea groups is 1. The van der Waals surface area contributed by atoms with Crippen LogP contribution in [0.1, 0.15) is 32.3 Å². The second-order valence-electron chi connectivity index (χ2n) is 5.21. The summed E-state index contributed by atoms with van der Waals surface area (Å²) in [4.78, 5) is 11.8. The van der Waals surface area contributed by atoms with E-state index in [9.17, 15) is 4.79 Å². The van der Waals surface area contributed by atoms with Gasteiger partial charge in [-0.05, 0) is 24.5 Å². The molecule has 0 aliphatic heterocycles. The molecule has 6 heteroatoms. The molecular weight excluding hydrogens is 284 g/mol. The summed E-state index contributed by atoms with van der Waals surface area (Å²) in [5.74, 6) is 1.12. The van der Waals surface area contributed by atoms with Gasteiger partial charge in [0.1, 0.15) is 5.75 Å². The molecule has 0 fully saturated rings. The van der Waals surface area contributed by atoms with E-state index in [2.05, 4.69) is 24.5 Å². The first-order valence-corrected chi connectivity index (χ1v) is 7.33. The Labute approximate surface area is 132 Å². The van der Waals surface area contributed by atoms with E-state index in [0.29, 0.717) is 5.92 Å². The third kappa shape index (κ3) is 5.91. The van der Waals surface area contributed by atoms with Gasteiger partial charge in [-0.3, -0.25) is 0 Å². The molecule has 0 saturated heterocycles. The van der Waals surface area contributed by atoms with E-state index < -0.39 is 12.5 Å². The smallest absolute Gasteiger partial charge is 0.317 e. The van der Waals surface area contributed by atoms with E-state index in [1.165, 1.54) is 14.2 Å². The van der Waals surface area contributed by atoms with Gasteiger partial charge < -0.3 is 24.8 Å². The molecule has 0 saturated carbocycles. The summed E-state index contributed by atoms with van der Waals surface area (Å²) in [6, 6.07) is 7.47. The molecule has 1 aromatic rings. The molecule has 22 heavy (non-hydrogen) atoms. The molecule has 0 spiro atoms. The lowest BCUT2D eigenvalue weighted by Crippen LogP contribution is -2.46. The number of methoxy groups -OCH3 is 2. The Hall–Kier alpha value is -1.79. The van der Waals surface area contributed by atoms with Crippen LogP contribution in [-0.4, -0.2) is 39.3 Å². The number of benzene rings is 1. The summed E-state index contributed by atoms with van der Waals surface area (Å²) in [5.41, 5.74) is 1.11. The van der Waals surface area contributed by atoms with Gasteiger partial charge in [-0.2, -0.15) is 0 Å². The fourth-order valence-electron chi connectivity index (χ4n) is 1.96. The molecule has 1 rings (SSSR count). The highest BCUT2D eigenvalue weighted by molar-refractivity contribution is 5.74. The van der Waals surface area contributed by atoms with Crippen molar-refractivity contribution in [3.8, 4) is 5.75 Å². The third-order valence-corrected chi connectivity index (χ3v) is 3.13. The molecule has 1 unspecified atom stereocenters. The average Bonchev–Trinajstić information content (AvgIpc) is 2.48. The van der Waals surface area contributed by atoms with Gasteiger partial charge in [0, 0.05) is 14.2 Å². The highest BCUT2D eigenvalue weighted by Gasteiger charge is 2.13. The molecule has 0 aromatic heterocycles. The first-order valence-electron chi connectivity index (χ1n) is 7.33. The molecule has 0 aliphatic rings. The van der Waals surface area contributed by atoms with Crippen LogP contribution in [0.4, 0.5) is 4.79 Å². The van der Waals surface area contributed by atoms with Crippen LogP contribution in [0.2, 0.25) is 0 Å². The Morgan fingerprint density at radius 1 is 1.14 bits per heavy atom. The molecule has 1 atom stereocenters. The van der Waals surface area contributed by atoms with Crippen molar-refractivity contribution in [3.05, 3.63) is 29.8 Å². The van der Waals surface area contributed by atoms with Crippen molar-refractivity contribution in [1.29, 1.82) is 0 Å². The van der Waals surface area contributed by atoms with Crippen LogP contribution in [0.25, 0.3) is 0 Å². The lowest BCUT2D eigenvalue weighted by atomic mass is 10.0. The molecule has 2 amide bonds. The van der Waals surface area contributed by atoms with Gasteiger partial charge in [-0.15, -0.1) is 0 Å². The predicted octanol–water partition coefficient (Wildman–Crippen LogP) is 2.45. The number of carbonyl (C=O) groups excluding carboxylic acids is 1. The zero-order chi connectivity index (χ0) is 16.5. The SMILES string of the molecule is COC(CNC(=O)NC(C)Oc1ccccc1C(C)C)OC. The van der Waals surface area contributed by atoms with Crippen molar-refractivity contribution in [2.24, 2.45) is 0 Å². The zero-order valence-electron chi connectivity index (χ0n) is 13.9. The number of rotatable bonds is 8. The van der Waals surface area contributed by atoms with Gasteiger partial charge in [0.15, 0.2) is 12.5 Å². The summed E-state index contributed by atoms with van der Waals surface area (Å²) >= 11 is 0. The average molecular weight is 310 g/mol. The summed E-state index contributed by atoms with van der Waals surface area (Å²) < 4.78 is 15.8. The van der Waals surface area contributed by atoms with Crippen LogP contribution in [0.5, 0.6) is 5.75 Å². The molecule has 0 bridgehead atoms. The topological polar surface area (TPSA) is 68.8 Å². The Bertz CT molecular complexity index is 461. The number of para-hydroxylation sites is 1. The number of hydrogen-bond acceptors (Lipinski definition) is 4. The van der Waals surface area contributed by atoms with Crippen LogP contribution < -0.4 is 15.4 Å². The number of nitrogens with one attached hydrogen (secondary N) is 2. The monoisotopic (exact) mass is 310 g/mol. The molecular formula is C16H26N2O4. The van der Waals surface area contributed by atoms with Gasteiger partial charge in [-0.25, -0.2) is 4.79 Å². The van der Waals surface area contributed by atoms with Gasteiger partial charge in [-0.1, -0.05) is 32.0 Å². The second kappa shape index (κ2) is 9.27. The number of amides is 2. The highest BCUT2D eigenvalue weighted by atomic mass is 16.7. The Morgan fingerprint density at radius 3 is 2.36 bits per heavy atom. The van der Waals surface area contributed by atoms with E-state index in [1.807, 2.05) is 24.3 Å². The van der Waals surface area contributed by atoms with Crippen LogP contribution >= 0.6 is 0 Å². The van der Waals surface area contributed by atoms with Crippen LogP contribution in [-0.2, 0) is 9.47 Å². The Morgan fingerprint density at radius 2 is 1.77 bits per heavy atom. The zero-order valence-corrected chi connectivity index (χ0v) is 13.9. The van der Waals surface area contributed by atoms with Crippen LogP contribution in [0.15, 0.2) is 24.3 Å². The number of hydrogen-bond donors (Lipinski definition) is 2. The molecule has 0 aliphatic carbocycles. The number of carbonyl (C=O) groups is 1. The summed E-state index contributed by atoms with van der Waals surface area (Å²) in [7, 11) is 3.03. The van der Waals surface area contributed by atoms with Crippen LogP contribution in [0, 0.1) is 0 Å². The minimum Gasteiger partial charge on any atom is -0.471 e. The Balaban J connectivity index is 2.49.